The van der Waals surface area contributed by atoms with Gasteiger partial charge in [0.25, 0.3) is 0 Å². The van der Waals surface area contributed by atoms with E-state index in [2.05, 4.69) is 50.3 Å². The second-order valence-corrected chi connectivity index (χ2v) is 11.6. The number of benzene rings is 2. The first-order chi connectivity index (χ1) is 18.4. The highest BCUT2D eigenvalue weighted by atomic mass is 19.3. The van der Waals surface area contributed by atoms with Crippen LogP contribution in [0.5, 0.6) is 0 Å². The molecule has 2 aromatic carbocycles. The van der Waals surface area contributed by atoms with E-state index in [1.54, 1.807) is 19.1 Å². The molecule has 0 radical (unpaired) electrons. The van der Waals surface area contributed by atoms with Gasteiger partial charge in [0.1, 0.15) is 0 Å². The third kappa shape index (κ3) is 7.65. The Hall–Kier alpha value is -2.26. The number of hydrogen-bond acceptors (Lipinski definition) is 1. The molecule has 0 aromatic heterocycles. The minimum Gasteiger partial charge on any atom is -0.309 e. The van der Waals surface area contributed by atoms with Gasteiger partial charge >= 0.3 is 6.11 Å². The highest BCUT2D eigenvalue weighted by Gasteiger charge is 2.35. The lowest BCUT2D eigenvalue weighted by molar-refractivity contribution is -0.272. The molecule has 1 atom stereocenters. The van der Waals surface area contributed by atoms with Crippen molar-refractivity contribution in [3.8, 4) is 0 Å². The molecule has 1 unspecified atom stereocenters. The molecule has 2 aliphatic carbocycles. The summed E-state index contributed by atoms with van der Waals surface area (Å²) in [6, 6.07) is 15.1. The quantitative estimate of drug-likeness (QED) is 0.283. The average molecular weight is 521 g/mol. The Morgan fingerprint density at radius 3 is 1.89 bits per heavy atom. The number of rotatable bonds is 10. The minimum atomic E-state index is -3.33. The maximum Gasteiger partial charge on any atom is 0.383 e. The Kier molecular flexibility index (Phi) is 10.4. The Balaban J connectivity index is 1.29. The van der Waals surface area contributed by atoms with E-state index >= 15 is 8.78 Å². The normalized spacial score (nSPS) is 25.7. The molecule has 206 valence electrons. The monoisotopic (exact) mass is 520 g/mol. The van der Waals surface area contributed by atoms with Crippen LogP contribution >= 0.6 is 0 Å². The van der Waals surface area contributed by atoms with Crippen LogP contribution in [0.2, 0.25) is 0 Å². The third-order valence-corrected chi connectivity index (χ3v) is 8.98. The Morgan fingerprint density at radius 1 is 0.789 bits per heavy atom. The molecule has 0 N–H and O–H groups in total. The van der Waals surface area contributed by atoms with E-state index < -0.39 is 12.2 Å². The summed E-state index contributed by atoms with van der Waals surface area (Å²) in [6.45, 7) is 5.88. The molecule has 0 spiro atoms. The number of hydrogen-bond donors (Lipinski definition) is 0. The maximum absolute atomic E-state index is 15.1. The van der Waals surface area contributed by atoms with Crippen molar-refractivity contribution in [1.29, 1.82) is 0 Å². The summed E-state index contributed by atoms with van der Waals surface area (Å²) < 4.78 is 35.5. The molecule has 2 saturated carbocycles. The standard InChI is InChI=1S/C35H46F2O/c1-4-6-7-9-28-12-16-31(17-13-28)33-22-24-34(25-23-33)35(36,37)38-26(3)29-18-20-32(21-19-29)30-14-10-27(8-5-2)11-15-30/h4-6,8,18-28,30-31H,7,9-17H2,1-3H3/b6-4+,8-5+. The van der Waals surface area contributed by atoms with Crippen LogP contribution in [-0.4, -0.2) is 0 Å². The van der Waals surface area contributed by atoms with Crippen LogP contribution in [0.25, 0.3) is 0 Å². The van der Waals surface area contributed by atoms with Gasteiger partial charge in [0.05, 0.1) is 11.7 Å². The molecular weight excluding hydrogens is 474 g/mol. The zero-order valence-corrected chi connectivity index (χ0v) is 23.6. The first kappa shape index (κ1) is 28.7. The van der Waals surface area contributed by atoms with E-state index in [1.807, 2.05) is 24.3 Å². The highest BCUT2D eigenvalue weighted by molar-refractivity contribution is 5.29. The predicted molar refractivity (Wildman–Crippen MR) is 155 cm³/mol. The smallest absolute Gasteiger partial charge is 0.309 e. The fraction of sp³-hybridized carbons (Fsp3) is 0.543. The first-order valence-electron chi connectivity index (χ1n) is 14.9. The molecule has 2 fully saturated rings. The topological polar surface area (TPSA) is 9.23 Å². The first-order valence-corrected chi connectivity index (χ1v) is 14.9. The second kappa shape index (κ2) is 13.7. The van der Waals surface area contributed by atoms with Gasteiger partial charge in [-0.25, -0.2) is 0 Å². The Bertz CT molecular complexity index is 1020. The summed E-state index contributed by atoms with van der Waals surface area (Å²) in [5, 5.41) is 0. The summed E-state index contributed by atoms with van der Waals surface area (Å²) in [7, 11) is 0. The number of alkyl halides is 2. The van der Waals surface area contributed by atoms with Crippen molar-refractivity contribution >= 4 is 0 Å². The second-order valence-electron chi connectivity index (χ2n) is 11.6. The molecule has 4 rings (SSSR count). The molecule has 38 heavy (non-hydrogen) atoms. The van der Waals surface area contributed by atoms with E-state index in [-0.39, 0.29) is 5.56 Å². The van der Waals surface area contributed by atoms with Gasteiger partial charge in [-0.3, -0.25) is 0 Å². The maximum atomic E-state index is 15.1. The predicted octanol–water partition coefficient (Wildman–Crippen LogP) is 11.0. The number of allylic oxidation sites excluding steroid dienone is 4. The van der Waals surface area contributed by atoms with Gasteiger partial charge in [-0.2, -0.15) is 8.78 Å². The molecule has 0 amide bonds. The molecule has 0 heterocycles. The third-order valence-electron chi connectivity index (χ3n) is 8.98. The van der Waals surface area contributed by atoms with Crippen molar-refractivity contribution in [2.24, 2.45) is 11.8 Å². The highest BCUT2D eigenvalue weighted by Crippen LogP contribution is 2.41. The van der Waals surface area contributed by atoms with Crippen LogP contribution in [-0.2, 0) is 10.8 Å². The van der Waals surface area contributed by atoms with Gasteiger partial charge in [0, 0.05) is 0 Å². The van der Waals surface area contributed by atoms with Crippen molar-refractivity contribution in [2.45, 2.75) is 109 Å². The van der Waals surface area contributed by atoms with E-state index in [9.17, 15) is 0 Å². The summed E-state index contributed by atoms with van der Waals surface area (Å²) >= 11 is 0. The Labute approximate surface area is 229 Å². The number of ether oxygens (including phenoxy) is 1. The summed E-state index contributed by atoms with van der Waals surface area (Å²) in [4.78, 5) is 0. The van der Waals surface area contributed by atoms with Crippen molar-refractivity contribution in [2.75, 3.05) is 0 Å². The van der Waals surface area contributed by atoms with E-state index in [4.69, 9.17) is 4.74 Å². The van der Waals surface area contributed by atoms with E-state index in [0.29, 0.717) is 17.8 Å². The molecule has 2 aliphatic rings. The molecule has 0 aliphatic heterocycles. The van der Waals surface area contributed by atoms with Crippen molar-refractivity contribution in [3.63, 3.8) is 0 Å². The molecule has 2 aromatic rings. The summed E-state index contributed by atoms with van der Waals surface area (Å²) in [5.74, 6) is 2.55. The van der Waals surface area contributed by atoms with Gasteiger partial charge in [-0.15, -0.1) is 0 Å². The van der Waals surface area contributed by atoms with Crippen LogP contribution < -0.4 is 0 Å². The molecule has 1 nitrogen and oxygen atoms in total. The van der Waals surface area contributed by atoms with Crippen LogP contribution in [0.3, 0.4) is 0 Å². The number of halogens is 2. The SMILES string of the molecule is C/C=C/CCC1CCC(c2ccc(C(F)(F)OC(C)c3ccc(C4CCC(/C=C/C)CC4)cc3)cc2)CC1. The zero-order valence-electron chi connectivity index (χ0n) is 23.6. The Morgan fingerprint density at radius 2 is 1.34 bits per heavy atom. The van der Waals surface area contributed by atoms with Crippen LogP contribution in [0.4, 0.5) is 8.78 Å². The van der Waals surface area contributed by atoms with Crippen LogP contribution in [0, 0.1) is 11.8 Å². The van der Waals surface area contributed by atoms with Gasteiger partial charge in [-0.05, 0) is 125 Å². The van der Waals surface area contributed by atoms with Gasteiger partial charge in [0.15, 0.2) is 0 Å². The fourth-order valence-electron chi connectivity index (χ4n) is 6.55. The summed E-state index contributed by atoms with van der Waals surface area (Å²) in [5.41, 5.74) is 3.22. The molecule has 3 heteroatoms. The lowest BCUT2D eigenvalue weighted by Gasteiger charge is -2.29. The lowest BCUT2D eigenvalue weighted by atomic mass is 9.77. The van der Waals surface area contributed by atoms with Crippen LogP contribution in [0.1, 0.15) is 125 Å². The minimum absolute atomic E-state index is 0.0670. The van der Waals surface area contributed by atoms with Crippen molar-refractivity contribution < 1.29 is 13.5 Å². The van der Waals surface area contributed by atoms with Crippen molar-refractivity contribution in [3.05, 3.63) is 95.1 Å². The van der Waals surface area contributed by atoms with Crippen LogP contribution in [0.15, 0.2) is 72.8 Å². The molecular formula is C35H46F2O. The fourth-order valence-corrected chi connectivity index (χ4v) is 6.55. The van der Waals surface area contributed by atoms with Gasteiger partial charge in [0.2, 0.25) is 0 Å². The summed E-state index contributed by atoms with van der Waals surface area (Å²) in [6.07, 6.45) is 16.8. The van der Waals surface area contributed by atoms with E-state index in [1.165, 1.54) is 56.1 Å². The van der Waals surface area contributed by atoms with Gasteiger partial charge < -0.3 is 4.74 Å². The molecule has 0 saturated heterocycles. The largest absolute Gasteiger partial charge is 0.383 e. The molecule has 0 bridgehead atoms. The van der Waals surface area contributed by atoms with Gasteiger partial charge in [-0.1, -0.05) is 72.8 Å². The average Bonchev–Trinajstić information content (AvgIpc) is 2.94. The lowest BCUT2D eigenvalue weighted by Crippen LogP contribution is -2.20. The van der Waals surface area contributed by atoms with E-state index in [0.717, 1.165) is 30.7 Å². The van der Waals surface area contributed by atoms with Crippen molar-refractivity contribution in [1.82, 2.24) is 0 Å². The zero-order chi connectivity index (χ0) is 27.0.